The van der Waals surface area contributed by atoms with Crippen molar-refractivity contribution in [3.8, 4) is 0 Å². The second-order valence-corrected chi connectivity index (χ2v) is 4.97. The van der Waals surface area contributed by atoms with Gasteiger partial charge in [-0.1, -0.05) is 6.42 Å². The third-order valence-corrected chi connectivity index (χ3v) is 3.46. The molecule has 1 amide bonds. The van der Waals surface area contributed by atoms with Gasteiger partial charge in [-0.25, -0.2) is 4.39 Å². The van der Waals surface area contributed by atoms with Gasteiger partial charge in [-0.2, -0.15) is 0 Å². The summed E-state index contributed by atoms with van der Waals surface area (Å²) in [6.07, 6.45) is 3.00. The van der Waals surface area contributed by atoms with Crippen LogP contribution in [0, 0.1) is 5.82 Å². The lowest BCUT2D eigenvalue weighted by molar-refractivity contribution is -0.118. The molecule has 92 valence electrons. The first-order valence-corrected chi connectivity index (χ1v) is 6.45. The summed E-state index contributed by atoms with van der Waals surface area (Å²) in [5.41, 5.74) is 0.489. The number of anilines is 1. The van der Waals surface area contributed by atoms with Gasteiger partial charge in [0.2, 0.25) is 5.91 Å². The third-order valence-electron chi connectivity index (χ3n) is 2.81. The normalized spacial score (nSPS) is 20.0. The molecule has 0 aromatic heterocycles. The molecule has 1 saturated heterocycles. The Balaban J connectivity index is 1.99. The first-order valence-electron chi connectivity index (χ1n) is 5.66. The van der Waals surface area contributed by atoms with Crippen molar-refractivity contribution < 1.29 is 9.18 Å². The van der Waals surface area contributed by atoms with Crippen LogP contribution in [0.1, 0.15) is 19.3 Å². The Kier molecular flexibility index (Phi) is 4.12. The fraction of sp³-hybridized carbons (Fsp3) is 0.417. The number of amides is 1. The molecule has 1 fully saturated rings. The van der Waals surface area contributed by atoms with Crippen LogP contribution in [-0.2, 0) is 4.79 Å². The van der Waals surface area contributed by atoms with E-state index in [1.165, 1.54) is 6.07 Å². The van der Waals surface area contributed by atoms with E-state index in [4.69, 9.17) is 0 Å². The van der Waals surface area contributed by atoms with Gasteiger partial charge in [0.15, 0.2) is 0 Å². The van der Waals surface area contributed by atoms with Crippen molar-refractivity contribution in [1.82, 2.24) is 5.32 Å². The van der Waals surface area contributed by atoms with Crippen molar-refractivity contribution in [3.05, 3.63) is 28.5 Å². The number of hydrogen-bond donors (Lipinski definition) is 2. The summed E-state index contributed by atoms with van der Waals surface area (Å²) in [5, 5.41) is 5.87. The zero-order valence-electron chi connectivity index (χ0n) is 9.30. The summed E-state index contributed by atoms with van der Waals surface area (Å²) < 4.78 is 13.7. The molecule has 3 nitrogen and oxygen atoms in total. The standard InChI is InChI=1S/C12H14BrFN2O/c13-9-5-4-8(7-10(9)14)16-12(17)11-3-1-2-6-15-11/h4-5,7,11,15H,1-3,6H2,(H,16,17)/t11-/m1/s1. The van der Waals surface area contributed by atoms with Crippen LogP contribution in [0.2, 0.25) is 0 Å². The second kappa shape index (κ2) is 5.60. The van der Waals surface area contributed by atoms with E-state index in [0.717, 1.165) is 25.8 Å². The molecule has 2 N–H and O–H groups in total. The van der Waals surface area contributed by atoms with Crippen molar-refractivity contribution >= 4 is 27.5 Å². The van der Waals surface area contributed by atoms with E-state index in [-0.39, 0.29) is 17.8 Å². The molecule has 1 aromatic rings. The highest BCUT2D eigenvalue weighted by molar-refractivity contribution is 9.10. The van der Waals surface area contributed by atoms with Gasteiger partial charge < -0.3 is 10.6 Å². The monoisotopic (exact) mass is 300 g/mol. The molecular formula is C12H14BrFN2O. The predicted octanol–water partition coefficient (Wildman–Crippen LogP) is 2.67. The SMILES string of the molecule is O=C(Nc1ccc(Br)c(F)c1)[C@H]1CCCCN1. The molecule has 1 aliphatic rings. The average Bonchev–Trinajstić information content (AvgIpc) is 2.35. The van der Waals surface area contributed by atoms with E-state index in [2.05, 4.69) is 26.6 Å². The quantitative estimate of drug-likeness (QED) is 0.882. The predicted molar refractivity (Wildman–Crippen MR) is 68.4 cm³/mol. The second-order valence-electron chi connectivity index (χ2n) is 4.12. The summed E-state index contributed by atoms with van der Waals surface area (Å²) in [6.45, 7) is 0.868. The number of halogens is 2. The van der Waals surface area contributed by atoms with E-state index >= 15 is 0 Å². The zero-order chi connectivity index (χ0) is 12.3. The summed E-state index contributed by atoms with van der Waals surface area (Å²) in [4.78, 5) is 11.9. The van der Waals surface area contributed by atoms with Gasteiger partial charge in [0, 0.05) is 5.69 Å². The number of hydrogen-bond acceptors (Lipinski definition) is 2. The van der Waals surface area contributed by atoms with Crippen LogP contribution in [0.4, 0.5) is 10.1 Å². The lowest BCUT2D eigenvalue weighted by Gasteiger charge is -2.22. The molecule has 1 heterocycles. The van der Waals surface area contributed by atoms with Crippen LogP contribution in [0.15, 0.2) is 22.7 Å². The molecule has 0 spiro atoms. The van der Waals surface area contributed by atoms with E-state index in [0.29, 0.717) is 10.2 Å². The van der Waals surface area contributed by atoms with Gasteiger partial charge in [0.05, 0.1) is 10.5 Å². The van der Waals surface area contributed by atoms with Crippen molar-refractivity contribution in [2.75, 3.05) is 11.9 Å². The number of nitrogens with one attached hydrogen (secondary N) is 2. The smallest absolute Gasteiger partial charge is 0.241 e. The maximum absolute atomic E-state index is 13.3. The number of carbonyl (C=O) groups is 1. The van der Waals surface area contributed by atoms with Gasteiger partial charge in [-0.3, -0.25) is 4.79 Å². The van der Waals surface area contributed by atoms with Crippen molar-refractivity contribution in [3.63, 3.8) is 0 Å². The highest BCUT2D eigenvalue weighted by Crippen LogP contribution is 2.19. The molecule has 1 aliphatic heterocycles. The molecule has 5 heteroatoms. The zero-order valence-corrected chi connectivity index (χ0v) is 10.9. The first-order chi connectivity index (χ1) is 8.16. The Bertz CT molecular complexity index is 419. The average molecular weight is 301 g/mol. The van der Waals surface area contributed by atoms with Crippen molar-refractivity contribution in [1.29, 1.82) is 0 Å². The maximum Gasteiger partial charge on any atom is 0.241 e. The third kappa shape index (κ3) is 3.26. The Morgan fingerprint density at radius 3 is 2.94 bits per heavy atom. The summed E-state index contributed by atoms with van der Waals surface area (Å²) >= 11 is 3.07. The summed E-state index contributed by atoms with van der Waals surface area (Å²) in [7, 11) is 0. The van der Waals surface area contributed by atoms with Crippen molar-refractivity contribution in [2.24, 2.45) is 0 Å². The fourth-order valence-corrected chi connectivity index (χ4v) is 2.13. The first kappa shape index (κ1) is 12.5. The molecule has 1 atom stereocenters. The lowest BCUT2D eigenvalue weighted by atomic mass is 10.0. The van der Waals surface area contributed by atoms with Crippen LogP contribution >= 0.6 is 15.9 Å². The van der Waals surface area contributed by atoms with Gasteiger partial charge in [-0.15, -0.1) is 0 Å². The number of piperidine rings is 1. The van der Waals surface area contributed by atoms with Crippen molar-refractivity contribution in [2.45, 2.75) is 25.3 Å². The highest BCUT2D eigenvalue weighted by atomic mass is 79.9. The van der Waals surface area contributed by atoms with Crippen LogP contribution in [0.3, 0.4) is 0 Å². The number of rotatable bonds is 2. The molecular weight excluding hydrogens is 287 g/mol. The van der Waals surface area contributed by atoms with Crippen LogP contribution in [-0.4, -0.2) is 18.5 Å². The van der Waals surface area contributed by atoms with E-state index in [9.17, 15) is 9.18 Å². The molecule has 0 radical (unpaired) electrons. The van der Waals surface area contributed by atoms with E-state index in [1.54, 1.807) is 12.1 Å². The lowest BCUT2D eigenvalue weighted by Crippen LogP contribution is -2.43. The van der Waals surface area contributed by atoms with Crippen LogP contribution in [0.25, 0.3) is 0 Å². The maximum atomic E-state index is 13.3. The fourth-order valence-electron chi connectivity index (χ4n) is 1.88. The van der Waals surface area contributed by atoms with Crippen LogP contribution in [0.5, 0.6) is 0 Å². The molecule has 1 aromatic carbocycles. The molecule has 2 rings (SSSR count). The summed E-state index contributed by atoms with van der Waals surface area (Å²) in [5.74, 6) is -0.467. The number of benzene rings is 1. The van der Waals surface area contributed by atoms with Crippen LogP contribution < -0.4 is 10.6 Å². The Morgan fingerprint density at radius 1 is 1.47 bits per heavy atom. The molecule has 17 heavy (non-hydrogen) atoms. The minimum Gasteiger partial charge on any atom is -0.325 e. The molecule has 0 aliphatic carbocycles. The molecule has 0 unspecified atom stereocenters. The topological polar surface area (TPSA) is 41.1 Å². The minimum atomic E-state index is -0.376. The van der Waals surface area contributed by atoms with E-state index < -0.39 is 0 Å². The Hall–Kier alpha value is -0.940. The minimum absolute atomic E-state index is 0.0913. The molecule has 0 saturated carbocycles. The highest BCUT2D eigenvalue weighted by Gasteiger charge is 2.20. The Morgan fingerprint density at radius 2 is 2.29 bits per heavy atom. The van der Waals surface area contributed by atoms with Gasteiger partial charge >= 0.3 is 0 Å². The number of carbonyl (C=O) groups excluding carboxylic acids is 1. The largest absolute Gasteiger partial charge is 0.325 e. The van der Waals surface area contributed by atoms with Gasteiger partial charge in [0.25, 0.3) is 0 Å². The molecule has 0 bridgehead atoms. The summed E-state index contributed by atoms with van der Waals surface area (Å²) in [6, 6.07) is 4.41. The van der Waals surface area contributed by atoms with E-state index in [1.807, 2.05) is 0 Å². The van der Waals surface area contributed by atoms with Gasteiger partial charge in [0.1, 0.15) is 5.82 Å². The Labute approximate surface area is 108 Å². The van der Waals surface area contributed by atoms with Gasteiger partial charge in [-0.05, 0) is 53.5 Å².